The Balaban J connectivity index is 1.71. The summed E-state index contributed by atoms with van der Waals surface area (Å²) in [4.78, 5) is 0. The molecule has 0 heterocycles. The highest BCUT2D eigenvalue weighted by molar-refractivity contribution is 6.26. The van der Waals surface area contributed by atoms with Crippen LogP contribution in [0.15, 0.2) is 109 Å². The van der Waals surface area contributed by atoms with Crippen molar-refractivity contribution in [3.8, 4) is 28.0 Å². The van der Waals surface area contributed by atoms with Gasteiger partial charge in [-0.3, -0.25) is 0 Å². The number of benzene rings is 6. The van der Waals surface area contributed by atoms with Gasteiger partial charge in [0, 0.05) is 0 Å². The lowest BCUT2D eigenvalue weighted by Gasteiger charge is -2.14. The lowest BCUT2D eigenvalue weighted by Crippen LogP contribution is -1.87. The van der Waals surface area contributed by atoms with E-state index in [-0.39, 0.29) is 5.75 Å². The molecule has 0 bridgehead atoms. The fourth-order valence-electron chi connectivity index (χ4n) is 4.83. The molecule has 1 heteroatoms. The first-order chi connectivity index (χ1) is 15.7. The van der Waals surface area contributed by atoms with Gasteiger partial charge in [0.25, 0.3) is 0 Å². The number of aromatic hydroxyl groups is 1. The van der Waals surface area contributed by atoms with E-state index < -0.39 is 0 Å². The van der Waals surface area contributed by atoms with Crippen molar-refractivity contribution in [3.63, 3.8) is 0 Å². The van der Waals surface area contributed by atoms with Gasteiger partial charge in [0.2, 0.25) is 0 Å². The number of hydrogen-bond donors (Lipinski definition) is 1. The lowest BCUT2D eigenvalue weighted by molar-refractivity contribution is 0.475. The second kappa shape index (κ2) is 7.25. The van der Waals surface area contributed by atoms with Gasteiger partial charge in [-0.1, -0.05) is 90.5 Å². The molecule has 0 aliphatic carbocycles. The van der Waals surface area contributed by atoms with Crippen LogP contribution >= 0.6 is 0 Å². The van der Waals surface area contributed by atoms with Gasteiger partial charge in [-0.05, 0) is 85.8 Å². The minimum absolute atomic E-state index is 0.285. The van der Waals surface area contributed by atoms with Gasteiger partial charge in [-0.2, -0.15) is 0 Å². The number of phenols is 1. The SMILES string of the molecule is Cc1cccc(-c2ccc3c4ccccc4c4ccc(-c5cccc(O)c5)cc4c3c2)c1. The van der Waals surface area contributed by atoms with Crippen LogP contribution in [-0.4, -0.2) is 5.11 Å². The fourth-order valence-corrected chi connectivity index (χ4v) is 4.83. The normalized spacial score (nSPS) is 11.4. The molecule has 0 fully saturated rings. The molecule has 0 saturated heterocycles. The minimum Gasteiger partial charge on any atom is -0.508 e. The first-order valence-electron chi connectivity index (χ1n) is 10.9. The van der Waals surface area contributed by atoms with Crippen molar-refractivity contribution < 1.29 is 5.11 Å². The zero-order valence-corrected chi connectivity index (χ0v) is 17.8. The average molecular weight is 411 g/mol. The van der Waals surface area contributed by atoms with E-state index in [9.17, 15) is 5.11 Å². The van der Waals surface area contributed by atoms with Crippen LogP contribution in [0, 0.1) is 6.92 Å². The maximum absolute atomic E-state index is 9.99. The second-order valence-electron chi connectivity index (χ2n) is 8.49. The highest BCUT2D eigenvalue weighted by atomic mass is 16.3. The zero-order chi connectivity index (χ0) is 21.7. The zero-order valence-electron chi connectivity index (χ0n) is 17.8. The monoisotopic (exact) mass is 410 g/mol. The number of phenolic OH excluding ortho intramolecular Hbond substituents is 1. The molecule has 0 radical (unpaired) electrons. The van der Waals surface area contributed by atoms with Crippen molar-refractivity contribution in [1.82, 2.24) is 0 Å². The van der Waals surface area contributed by atoms with E-state index in [1.165, 1.54) is 49.0 Å². The molecule has 0 amide bonds. The minimum atomic E-state index is 0.285. The van der Waals surface area contributed by atoms with Crippen molar-refractivity contribution in [2.24, 2.45) is 0 Å². The van der Waals surface area contributed by atoms with Crippen LogP contribution in [0.2, 0.25) is 0 Å². The molecule has 6 rings (SSSR count). The predicted octanol–water partition coefficient (Wildman–Crippen LogP) is 8.49. The van der Waals surface area contributed by atoms with E-state index in [4.69, 9.17) is 0 Å². The second-order valence-corrected chi connectivity index (χ2v) is 8.49. The van der Waals surface area contributed by atoms with Crippen molar-refractivity contribution in [2.45, 2.75) is 6.92 Å². The van der Waals surface area contributed by atoms with Gasteiger partial charge in [0.15, 0.2) is 0 Å². The first kappa shape index (κ1) is 18.7. The smallest absolute Gasteiger partial charge is 0.116 e. The molecule has 152 valence electrons. The summed E-state index contributed by atoms with van der Waals surface area (Å²) < 4.78 is 0. The van der Waals surface area contributed by atoms with Gasteiger partial charge in [0.05, 0.1) is 0 Å². The molecule has 0 atom stereocenters. The van der Waals surface area contributed by atoms with Gasteiger partial charge in [-0.25, -0.2) is 0 Å². The van der Waals surface area contributed by atoms with Crippen LogP contribution < -0.4 is 0 Å². The summed E-state index contributed by atoms with van der Waals surface area (Å²) in [5.74, 6) is 0.285. The summed E-state index contributed by atoms with van der Waals surface area (Å²) in [7, 11) is 0. The largest absolute Gasteiger partial charge is 0.508 e. The van der Waals surface area contributed by atoms with Crippen molar-refractivity contribution in [1.29, 1.82) is 0 Å². The van der Waals surface area contributed by atoms with Crippen molar-refractivity contribution >= 4 is 32.3 Å². The van der Waals surface area contributed by atoms with Crippen LogP contribution in [0.25, 0.3) is 54.6 Å². The van der Waals surface area contributed by atoms with Gasteiger partial charge in [-0.15, -0.1) is 0 Å². The van der Waals surface area contributed by atoms with E-state index in [1.807, 2.05) is 18.2 Å². The number of fused-ring (bicyclic) bond motifs is 6. The van der Waals surface area contributed by atoms with Crippen LogP contribution in [0.3, 0.4) is 0 Å². The Morgan fingerprint density at radius 3 is 1.47 bits per heavy atom. The summed E-state index contributed by atoms with van der Waals surface area (Å²) in [6, 6.07) is 38.2. The highest BCUT2D eigenvalue weighted by Crippen LogP contribution is 2.39. The van der Waals surface area contributed by atoms with Crippen molar-refractivity contribution in [3.05, 3.63) is 115 Å². The third-order valence-electron chi connectivity index (χ3n) is 6.37. The van der Waals surface area contributed by atoms with E-state index in [2.05, 4.69) is 91.9 Å². The van der Waals surface area contributed by atoms with E-state index in [1.54, 1.807) is 6.07 Å². The third-order valence-corrected chi connectivity index (χ3v) is 6.37. The predicted molar refractivity (Wildman–Crippen MR) is 136 cm³/mol. The topological polar surface area (TPSA) is 20.2 Å². The Bertz CT molecular complexity index is 1520. The molecule has 6 aromatic carbocycles. The Hall–Kier alpha value is -4.10. The Labute approximate surface area is 187 Å². The standard InChI is InChI=1S/C31H22O/c1-20-6-4-7-21(16-20)23-12-14-28-26-10-2-3-11-27(26)29-15-13-24(19-31(29)30(28)18-23)22-8-5-9-25(32)17-22/h2-19,32H,1H3. The Kier molecular flexibility index (Phi) is 4.22. The highest BCUT2D eigenvalue weighted by Gasteiger charge is 2.11. The van der Waals surface area contributed by atoms with Crippen LogP contribution in [0.1, 0.15) is 5.56 Å². The molecule has 32 heavy (non-hydrogen) atoms. The lowest BCUT2D eigenvalue weighted by atomic mass is 9.90. The summed E-state index contributed by atoms with van der Waals surface area (Å²) in [6.07, 6.45) is 0. The average Bonchev–Trinajstić information content (AvgIpc) is 2.83. The molecule has 0 aliphatic rings. The van der Waals surface area contributed by atoms with Gasteiger partial charge < -0.3 is 5.11 Å². The summed E-state index contributed by atoms with van der Waals surface area (Å²) in [5.41, 5.74) is 5.84. The molecule has 6 aromatic rings. The van der Waals surface area contributed by atoms with Crippen LogP contribution in [0.4, 0.5) is 0 Å². The van der Waals surface area contributed by atoms with Crippen LogP contribution in [0.5, 0.6) is 5.75 Å². The number of rotatable bonds is 2. The Morgan fingerprint density at radius 2 is 0.906 bits per heavy atom. The third kappa shape index (κ3) is 3.02. The van der Waals surface area contributed by atoms with E-state index in [0.29, 0.717) is 0 Å². The molecule has 0 saturated carbocycles. The molecular weight excluding hydrogens is 388 g/mol. The van der Waals surface area contributed by atoms with Gasteiger partial charge in [0.1, 0.15) is 5.75 Å². The fraction of sp³-hybridized carbons (Fsp3) is 0.0323. The maximum Gasteiger partial charge on any atom is 0.116 e. The summed E-state index contributed by atoms with van der Waals surface area (Å²) >= 11 is 0. The maximum atomic E-state index is 9.99. The molecule has 0 unspecified atom stereocenters. The molecule has 0 spiro atoms. The number of hydrogen-bond acceptors (Lipinski definition) is 1. The van der Waals surface area contributed by atoms with E-state index in [0.717, 1.165) is 11.1 Å². The summed E-state index contributed by atoms with van der Waals surface area (Å²) in [6.45, 7) is 2.13. The molecule has 1 nitrogen and oxygen atoms in total. The molecule has 0 aliphatic heterocycles. The quantitative estimate of drug-likeness (QED) is 0.284. The number of aryl methyl sites for hydroxylation is 1. The molecule has 1 N–H and O–H groups in total. The summed E-state index contributed by atoms with van der Waals surface area (Å²) in [5, 5.41) is 17.5. The van der Waals surface area contributed by atoms with E-state index >= 15 is 0 Å². The molecule has 0 aromatic heterocycles. The first-order valence-corrected chi connectivity index (χ1v) is 10.9. The van der Waals surface area contributed by atoms with Crippen LogP contribution in [-0.2, 0) is 0 Å². The van der Waals surface area contributed by atoms with Crippen molar-refractivity contribution in [2.75, 3.05) is 0 Å². The van der Waals surface area contributed by atoms with Gasteiger partial charge >= 0.3 is 0 Å². The Morgan fingerprint density at radius 1 is 0.406 bits per heavy atom. The molecular formula is C31H22O.